The fraction of sp³-hybridized carbons (Fsp3) is 0. The molecular formula is C5H8N2O3. The number of carbonyl (C=O) groups excluding carboxylic acids is 3. The van der Waals surface area contributed by atoms with Gasteiger partial charge in [0.25, 0.3) is 0 Å². The topological polar surface area (TPSA) is 103 Å². The van der Waals surface area contributed by atoms with Crippen LogP contribution in [0.2, 0.25) is 0 Å². The Kier molecular flexibility index (Phi) is 8.22. The Labute approximate surface area is 57.7 Å². The molecule has 0 radical (unpaired) electrons. The number of hydrogen-bond acceptors (Lipinski definition) is 3. The first kappa shape index (κ1) is 11.2. The summed E-state index contributed by atoms with van der Waals surface area (Å²) in [5, 5.41) is 0. The van der Waals surface area contributed by atoms with Crippen LogP contribution in [0.15, 0.2) is 12.2 Å². The van der Waals surface area contributed by atoms with Gasteiger partial charge in [0.1, 0.15) is 6.79 Å². The van der Waals surface area contributed by atoms with Gasteiger partial charge in [0.05, 0.1) is 0 Å². The lowest BCUT2D eigenvalue weighted by molar-refractivity contribution is -0.115. The molecule has 0 atom stereocenters. The van der Waals surface area contributed by atoms with Gasteiger partial charge in [0, 0.05) is 12.2 Å². The van der Waals surface area contributed by atoms with Gasteiger partial charge in [-0.25, -0.2) is 0 Å². The van der Waals surface area contributed by atoms with Crippen molar-refractivity contribution in [3.63, 3.8) is 0 Å². The largest absolute Gasteiger partial charge is 0.366 e. The van der Waals surface area contributed by atoms with Crippen molar-refractivity contribution in [2.24, 2.45) is 11.5 Å². The van der Waals surface area contributed by atoms with E-state index in [2.05, 4.69) is 11.5 Å². The van der Waals surface area contributed by atoms with E-state index < -0.39 is 11.8 Å². The smallest absolute Gasteiger partial charge is 0.241 e. The number of rotatable bonds is 2. The molecule has 0 aliphatic rings. The van der Waals surface area contributed by atoms with Crippen LogP contribution in [0.5, 0.6) is 0 Å². The third-order valence-corrected chi connectivity index (χ3v) is 0.412. The normalized spacial score (nSPS) is 8.00. The molecule has 0 fully saturated rings. The van der Waals surface area contributed by atoms with E-state index in [9.17, 15) is 9.59 Å². The highest BCUT2D eigenvalue weighted by molar-refractivity contribution is 5.95. The molecule has 0 aliphatic carbocycles. The van der Waals surface area contributed by atoms with Crippen LogP contribution in [-0.4, -0.2) is 18.6 Å². The van der Waals surface area contributed by atoms with Gasteiger partial charge in [-0.15, -0.1) is 0 Å². The Morgan fingerprint density at radius 3 is 1.30 bits per heavy atom. The van der Waals surface area contributed by atoms with E-state index in [1.165, 1.54) is 0 Å². The second-order valence-electron chi connectivity index (χ2n) is 1.14. The molecule has 56 valence electrons. The summed E-state index contributed by atoms with van der Waals surface area (Å²) in [4.78, 5) is 27.7. The zero-order valence-corrected chi connectivity index (χ0v) is 5.24. The molecule has 0 unspecified atom stereocenters. The molecule has 0 saturated heterocycles. The SMILES string of the molecule is C=O.NC(=O)/C=C\C(N)=O. The van der Waals surface area contributed by atoms with Crippen LogP contribution in [-0.2, 0) is 14.4 Å². The van der Waals surface area contributed by atoms with Gasteiger partial charge in [-0.3, -0.25) is 9.59 Å². The van der Waals surface area contributed by atoms with Crippen molar-refractivity contribution in [1.82, 2.24) is 0 Å². The van der Waals surface area contributed by atoms with Crippen LogP contribution in [0.1, 0.15) is 0 Å². The minimum absolute atomic E-state index is 0.677. The number of hydrogen-bond donors (Lipinski definition) is 2. The van der Waals surface area contributed by atoms with Crippen LogP contribution in [0.25, 0.3) is 0 Å². The van der Waals surface area contributed by atoms with Gasteiger partial charge in [-0.05, 0) is 0 Å². The molecule has 0 heterocycles. The Morgan fingerprint density at radius 2 is 1.20 bits per heavy atom. The van der Waals surface area contributed by atoms with Crippen molar-refractivity contribution in [3.8, 4) is 0 Å². The number of nitrogens with two attached hydrogens (primary N) is 2. The van der Waals surface area contributed by atoms with Gasteiger partial charge in [-0.2, -0.15) is 0 Å². The summed E-state index contributed by atoms with van der Waals surface area (Å²) in [6.07, 6.45) is 1.81. The molecule has 0 rings (SSSR count). The molecule has 10 heavy (non-hydrogen) atoms. The first-order valence-electron chi connectivity index (χ1n) is 2.18. The Balaban J connectivity index is 0. The first-order valence-corrected chi connectivity index (χ1v) is 2.18. The lowest BCUT2D eigenvalue weighted by atomic mass is 10.5. The van der Waals surface area contributed by atoms with Crippen molar-refractivity contribution in [1.29, 1.82) is 0 Å². The standard InChI is InChI=1S/C4H6N2O2.CH2O/c5-3(7)1-2-4(6)8;1-2/h1-2H,(H2,5,7)(H2,6,8);1H2/b2-1-;. The monoisotopic (exact) mass is 144 g/mol. The lowest BCUT2D eigenvalue weighted by Crippen LogP contribution is -2.10. The van der Waals surface area contributed by atoms with E-state index in [0.717, 1.165) is 12.2 Å². The minimum atomic E-state index is -0.677. The molecule has 0 bridgehead atoms. The summed E-state index contributed by atoms with van der Waals surface area (Å²) in [5.74, 6) is -1.35. The maximum atomic E-state index is 9.83. The van der Waals surface area contributed by atoms with Crippen LogP contribution in [0.4, 0.5) is 0 Å². The summed E-state index contributed by atoms with van der Waals surface area (Å²) in [6, 6.07) is 0. The molecule has 0 aromatic heterocycles. The van der Waals surface area contributed by atoms with E-state index in [1.807, 2.05) is 6.79 Å². The molecular weight excluding hydrogens is 136 g/mol. The van der Waals surface area contributed by atoms with Crippen molar-refractivity contribution < 1.29 is 14.4 Å². The summed E-state index contributed by atoms with van der Waals surface area (Å²) in [7, 11) is 0. The highest BCUT2D eigenvalue weighted by Crippen LogP contribution is 1.65. The molecule has 0 spiro atoms. The average Bonchev–Trinajstić information content (AvgIpc) is 1.89. The van der Waals surface area contributed by atoms with Crippen molar-refractivity contribution in [2.75, 3.05) is 0 Å². The quantitative estimate of drug-likeness (QED) is 0.452. The molecule has 0 aliphatic heterocycles. The molecule has 2 amide bonds. The van der Waals surface area contributed by atoms with Gasteiger partial charge < -0.3 is 16.3 Å². The van der Waals surface area contributed by atoms with Crippen LogP contribution < -0.4 is 11.5 Å². The van der Waals surface area contributed by atoms with Crippen molar-refractivity contribution in [3.05, 3.63) is 12.2 Å². The third kappa shape index (κ3) is 16.2. The predicted octanol–water partition coefficient (Wildman–Crippen LogP) is -1.67. The van der Waals surface area contributed by atoms with Crippen molar-refractivity contribution >= 4 is 18.6 Å². The highest BCUT2D eigenvalue weighted by Gasteiger charge is 1.83. The summed E-state index contributed by atoms with van der Waals surface area (Å²) >= 11 is 0. The Hall–Kier alpha value is -1.65. The fourth-order valence-electron chi connectivity index (χ4n) is 0.164. The zero-order valence-electron chi connectivity index (χ0n) is 5.24. The zero-order chi connectivity index (χ0) is 8.57. The van der Waals surface area contributed by atoms with E-state index in [4.69, 9.17) is 4.79 Å². The first-order chi connectivity index (χ1) is 4.63. The van der Waals surface area contributed by atoms with Crippen LogP contribution >= 0.6 is 0 Å². The number of primary amides is 2. The maximum Gasteiger partial charge on any atom is 0.241 e. The van der Waals surface area contributed by atoms with E-state index in [-0.39, 0.29) is 0 Å². The third-order valence-electron chi connectivity index (χ3n) is 0.412. The molecule has 4 N–H and O–H groups in total. The maximum absolute atomic E-state index is 9.83. The predicted molar refractivity (Wildman–Crippen MR) is 34.6 cm³/mol. The molecule has 5 nitrogen and oxygen atoms in total. The molecule has 0 aromatic rings. The van der Waals surface area contributed by atoms with Gasteiger partial charge >= 0.3 is 0 Å². The Morgan fingerprint density at radius 1 is 1.00 bits per heavy atom. The average molecular weight is 144 g/mol. The van der Waals surface area contributed by atoms with Crippen LogP contribution in [0.3, 0.4) is 0 Å². The summed E-state index contributed by atoms with van der Waals surface area (Å²) < 4.78 is 0. The van der Waals surface area contributed by atoms with E-state index in [0.29, 0.717) is 0 Å². The number of carbonyl (C=O) groups is 3. The van der Waals surface area contributed by atoms with Crippen molar-refractivity contribution in [2.45, 2.75) is 0 Å². The van der Waals surface area contributed by atoms with E-state index in [1.54, 1.807) is 0 Å². The minimum Gasteiger partial charge on any atom is -0.366 e. The van der Waals surface area contributed by atoms with Gasteiger partial charge in [0.2, 0.25) is 11.8 Å². The lowest BCUT2D eigenvalue weighted by Gasteiger charge is -1.76. The number of amides is 2. The Bertz CT molecular complexity index is 137. The summed E-state index contributed by atoms with van der Waals surface area (Å²) in [5.41, 5.74) is 9.21. The summed E-state index contributed by atoms with van der Waals surface area (Å²) in [6.45, 7) is 2.00. The highest BCUT2D eigenvalue weighted by atomic mass is 16.1. The van der Waals surface area contributed by atoms with Gasteiger partial charge in [-0.1, -0.05) is 0 Å². The second kappa shape index (κ2) is 7.35. The fourth-order valence-corrected chi connectivity index (χ4v) is 0.164. The second-order valence-corrected chi connectivity index (χ2v) is 1.14. The van der Waals surface area contributed by atoms with Crippen LogP contribution in [0, 0.1) is 0 Å². The molecule has 5 heteroatoms. The van der Waals surface area contributed by atoms with Gasteiger partial charge in [0.15, 0.2) is 0 Å². The molecule has 0 aromatic carbocycles. The molecule has 0 saturated carbocycles. The van der Waals surface area contributed by atoms with E-state index >= 15 is 0 Å².